The molecule has 0 spiro atoms. The standard InChI is InChI=1S/C23H16N2.C17H7N3/c24-17-18-13-15-21(16-14-18)25(20-9-2-1-3-10-20)23-12-6-8-19-7-4-5-11-22(19)23;18-8-11-5-6-14-15(7-11)17(10-20)13-4-2-1-3-12(13)16(14)9-19/h1-16H;1-7H. The molecule has 7 rings (SSSR count). The summed E-state index contributed by atoms with van der Waals surface area (Å²) in [5.41, 5.74) is 5.42. The predicted molar refractivity (Wildman–Crippen MR) is 179 cm³/mol. The largest absolute Gasteiger partial charge is 0.310 e. The van der Waals surface area contributed by atoms with Gasteiger partial charge in [0.05, 0.1) is 40.1 Å². The van der Waals surface area contributed by atoms with E-state index in [1.54, 1.807) is 18.2 Å². The molecular weight excluding hydrogens is 550 g/mol. The molecule has 0 heterocycles. The van der Waals surface area contributed by atoms with Gasteiger partial charge in [0.25, 0.3) is 0 Å². The smallest absolute Gasteiger partial charge is 0.100 e. The molecule has 0 N–H and O–H groups in total. The van der Waals surface area contributed by atoms with Crippen molar-refractivity contribution in [3.05, 3.63) is 162 Å². The van der Waals surface area contributed by atoms with E-state index in [1.165, 1.54) is 10.8 Å². The van der Waals surface area contributed by atoms with Crippen LogP contribution in [0.4, 0.5) is 17.1 Å². The Morgan fingerprint density at radius 1 is 0.378 bits per heavy atom. The molecule has 0 unspecified atom stereocenters. The Morgan fingerprint density at radius 3 is 1.53 bits per heavy atom. The maximum absolute atomic E-state index is 9.45. The highest BCUT2D eigenvalue weighted by Gasteiger charge is 2.15. The van der Waals surface area contributed by atoms with Crippen LogP contribution in [0.3, 0.4) is 0 Å². The molecule has 0 aliphatic rings. The second kappa shape index (κ2) is 12.5. The van der Waals surface area contributed by atoms with Crippen LogP contribution in [0.2, 0.25) is 0 Å². The first-order valence-electron chi connectivity index (χ1n) is 14.2. The fourth-order valence-electron chi connectivity index (χ4n) is 5.58. The van der Waals surface area contributed by atoms with Gasteiger partial charge in [-0.25, -0.2) is 0 Å². The summed E-state index contributed by atoms with van der Waals surface area (Å²) in [5.74, 6) is 0. The zero-order chi connectivity index (χ0) is 31.2. The number of rotatable bonds is 3. The first-order chi connectivity index (χ1) is 22.2. The Kier molecular flexibility index (Phi) is 7.85. The number of anilines is 3. The number of para-hydroxylation sites is 1. The Balaban J connectivity index is 0.000000163. The monoisotopic (exact) mass is 573 g/mol. The highest BCUT2D eigenvalue weighted by molar-refractivity contribution is 6.09. The van der Waals surface area contributed by atoms with Crippen LogP contribution in [0.15, 0.2) is 140 Å². The van der Waals surface area contributed by atoms with E-state index in [0.29, 0.717) is 33.0 Å². The van der Waals surface area contributed by atoms with Gasteiger partial charge in [0.2, 0.25) is 0 Å². The molecule has 0 atom stereocenters. The van der Waals surface area contributed by atoms with Crippen LogP contribution in [0.1, 0.15) is 22.3 Å². The van der Waals surface area contributed by atoms with Gasteiger partial charge in [0, 0.05) is 38.3 Å². The summed E-state index contributed by atoms with van der Waals surface area (Å²) in [6.45, 7) is 0. The van der Waals surface area contributed by atoms with Crippen molar-refractivity contribution in [2.45, 2.75) is 0 Å². The van der Waals surface area contributed by atoms with Crippen molar-refractivity contribution in [2.75, 3.05) is 4.90 Å². The van der Waals surface area contributed by atoms with Crippen LogP contribution >= 0.6 is 0 Å². The molecule has 5 heteroatoms. The summed E-state index contributed by atoms with van der Waals surface area (Å²) < 4.78 is 0. The third-order valence-electron chi connectivity index (χ3n) is 7.65. The fourth-order valence-corrected chi connectivity index (χ4v) is 5.58. The Hall–Kier alpha value is -6.92. The van der Waals surface area contributed by atoms with Crippen molar-refractivity contribution >= 4 is 49.4 Å². The van der Waals surface area contributed by atoms with Crippen molar-refractivity contribution in [2.24, 2.45) is 0 Å². The van der Waals surface area contributed by atoms with Crippen LogP contribution in [0, 0.1) is 45.3 Å². The first kappa shape index (κ1) is 28.2. The van der Waals surface area contributed by atoms with Gasteiger partial charge in [-0.05, 0) is 60.0 Å². The number of hydrogen-bond acceptors (Lipinski definition) is 5. The number of hydrogen-bond donors (Lipinski definition) is 0. The maximum atomic E-state index is 9.45. The number of nitriles is 4. The molecule has 0 aromatic heterocycles. The summed E-state index contributed by atoms with van der Waals surface area (Å²) in [7, 11) is 0. The second-order valence-corrected chi connectivity index (χ2v) is 10.2. The Morgan fingerprint density at radius 2 is 0.889 bits per heavy atom. The van der Waals surface area contributed by atoms with Crippen LogP contribution in [-0.4, -0.2) is 0 Å². The maximum Gasteiger partial charge on any atom is 0.100 e. The van der Waals surface area contributed by atoms with E-state index in [2.05, 4.69) is 83.8 Å². The third kappa shape index (κ3) is 5.38. The highest BCUT2D eigenvalue weighted by atomic mass is 15.1. The van der Waals surface area contributed by atoms with E-state index >= 15 is 0 Å². The van der Waals surface area contributed by atoms with E-state index < -0.39 is 0 Å². The van der Waals surface area contributed by atoms with E-state index in [0.717, 1.165) is 27.8 Å². The second-order valence-electron chi connectivity index (χ2n) is 10.2. The zero-order valence-corrected chi connectivity index (χ0v) is 24.0. The molecule has 0 bridgehead atoms. The van der Waals surface area contributed by atoms with Crippen LogP contribution in [0.25, 0.3) is 32.3 Å². The molecule has 0 saturated heterocycles. The molecule has 0 fully saturated rings. The lowest BCUT2D eigenvalue weighted by Gasteiger charge is -2.26. The van der Waals surface area contributed by atoms with Gasteiger partial charge in [-0.15, -0.1) is 0 Å². The zero-order valence-electron chi connectivity index (χ0n) is 24.0. The normalized spacial score (nSPS) is 10.1. The van der Waals surface area contributed by atoms with Crippen LogP contribution < -0.4 is 4.90 Å². The Labute approximate surface area is 260 Å². The average molecular weight is 574 g/mol. The van der Waals surface area contributed by atoms with E-state index in [4.69, 9.17) is 10.5 Å². The molecule has 0 radical (unpaired) electrons. The quantitative estimate of drug-likeness (QED) is 0.196. The molecule has 7 aromatic carbocycles. The lowest BCUT2D eigenvalue weighted by atomic mass is 9.92. The topological polar surface area (TPSA) is 98.4 Å². The minimum atomic E-state index is 0.480. The van der Waals surface area contributed by atoms with Gasteiger partial charge in [-0.1, -0.05) is 84.9 Å². The highest BCUT2D eigenvalue weighted by Crippen LogP contribution is 2.38. The predicted octanol–water partition coefficient (Wildman–Crippen LogP) is 9.79. The van der Waals surface area contributed by atoms with Crippen molar-refractivity contribution in [3.63, 3.8) is 0 Å². The van der Waals surface area contributed by atoms with Crippen LogP contribution in [-0.2, 0) is 0 Å². The SMILES string of the molecule is N#Cc1ccc(N(c2ccccc2)c2cccc3ccccc23)cc1.N#Cc1ccc2c(C#N)c3ccccc3c(C#N)c2c1. The molecule has 45 heavy (non-hydrogen) atoms. The molecule has 0 amide bonds. The van der Waals surface area contributed by atoms with Crippen LogP contribution in [0.5, 0.6) is 0 Å². The number of nitrogens with zero attached hydrogens (tertiary/aromatic N) is 5. The molecular formula is C40H23N5. The van der Waals surface area contributed by atoms with Crippen molar-refractivity contribution in [1.82, 2.24) is 0 Å². The minimum Gasteiger partial charge on any atom is -0.310 e. The third-order valence-corrected chi connectivity index (χ3v) is 7.65. The summed E-state index contributed by atoms with van der Waals surface area (Å²) in [6, 6.07) is 53.8. The number of benzene rings is 7. The summed E-state index contributed by atoms with van der Waals surface area (Å²) >= 11 is 0. The average Bonchev–Trinajstić information content (AvgIpc) is 3.11. The van der Waals surface area contributed by atoms with Gasteiger partial charge in [-0.2, -0.15) is 21.0 Å². The molecule has 0 aliphatic heterocycles. The van der Waals surface area contributed by atoms with E-state index in [9.17, 15) is 10.5 Å². The first-order valence-corrected chi connectivity index (χ1v) is 14.2. The van der Waals surface area contributed by atoms with Gasteiger partial charge < -0.3 is 4.90 Å². The van der Waals surface area contributed by atoms with Crippen molar-refractivity contribution in [1.29, 1.82) is 21.0 Å². The van der Waals surface area contributed by atoms with Gasteiger partial charge in [0.15, 0.2) is 0 Å². The van der Waals surface area contributed by atoms with Gasteiger partial charge in [-0.3, -0.25) is 0 Å². The Bertz CT molecular complexity index is 2360. The number of fused-ring (bicyclic) bond motifs is 3. The summed E-state index contributed by atoms with van der Waals surface area (Å²) in [4.78, 5) is 2.23. The fraction of sp³-hybridized carbons (Fsp3) is 0. The summed E-state index contributed by atoms with van der Waals surface area (Å²) in [5, 5.41) is 42.2. The minimum absolute atomic E-state index is 0.480. The molecule has 0 aliphatic carbocycles. The van der Waals surface area contributed by atoms with Gasteiger partial charge >= 0.3 is 0 Å². The molecule has 7 aromatic rings. The van der Waals surface area contributed by atoms with Crippen molar-refractivity contribution < 1.29 is 0 Å². The molecule has 5 nitrogen and oxygen atoms in total. The lowest BCUT2D eigenvalue weighted by molar-refractivity contribution is 1.29. The lowest BCUT2D eigenvalue weighted by Crippen LogP contribution is -2.10. The van der Waals surface area contributed by atoms with E-state index in [-0.39, 0.29) is 0 Å². The molecule has 208 valence electrons. The van der Waals surface area contributed by atoms with Gasteiger partial charge in [0.1, 0.15) is 12.1 Å². The van der Waals surface area contributed by atoms with Crippen molar-refractivity contribution in [3.8, 4) is 24.3 Å². The molecule has 0 saturated carbocycles. The van der Waals surface area contributed by atoms with E-state index in [1.807, 2.05) is 66.7 Å². The summed E-state index contributed by atoms with van der Waals surface area (Å²) in [6.07, 6.45) is 0.